The average molecular weight is 238 g/mol. The molecule has 1 saturated heterocycles. The zero-order valence-electron chi connectivity index (χ0n) is 7.89. The Labute approximate surface area is 92.1 Å². The van der Waals surface area contributed by atoms with Crippen LogP contribution in [0, 0.1) is 0 Å². The zero-order chi connectivity index (χ0) is 11.4. The smallest absolute Gasteiger partial charge is 0.187 e. The van der Waals surface area contributed by atoms with Crippen LogP contribution in [0.1, 0.15) is 0 Å². The molecule has 0 aromatic carbocycles. The molecule has 0 saturated carbocycles. The predicted octanol–water partition coefficient (Wildman–Crippen LogP) is -2.20. The van der Waals surface area contributed by atoms with Crippen LogP contribution < -0.4 is 0 Å². The Hall–Kier alpha value is -0.150. The highest BCUT2D eigenvalue weighted by molar-refractivity contribution is 7.79. The summed E-state index contributed by atoms with van der Waals surface area (Å²) in [7, 11) is 0. The normalized spacial score (nSPS) is 41.5. The first-order chi connectivity index (χ1) is 7.11. The second-order valence-corrected chi connectivity index (χ2v) is 3.53. The average Bonchev–Trinajstić information content (AvgIpc) is 2.25. The van der Waals surface area contributed by atoms with Gasteiger partial charge in [-0.2, -0.15) is 0 Å². The lowest BCUT2D eigenvalue weighted by atomic mass is 9.99. The molecule has 4 N–H and O–H groups in total. The SMILES string of the molecule is OC[C@H]1OC(OCC=S)[C@@H](O)[C@@H](O)[C@@H]1O. The molecule has 0 radical (unpaired) electrons. The molecule has 1 fully saturated rings. The van der Waals surface area contributed by atoms with Gasteiger partial charge in [-0.15, -0.1) is 0 Å². The van der Waals surface area contributed by atoms with Crippen LogP contribution in [-0.2, 0) is 9.47 Å². The standard InChI is InChI=1S/C8H14O6S/c9-3-4-5(10)6(11)7(12)8(14-4)13-1-2-15/h2,4-12H,1,3H2/t4-,5-,6+,7+,8?/m1/s1. The molecular formula is C8H14O6S. The molecular weight excluding hydrogens is 224 g/mol. The van der Waals surface area contributed by atoms with Crippen LogP contribution in [0.25, 0.3) is 0 Å². The van der Waals surface area contributed by atoms with E-state index in [0.29, 0.717) is 0 Å². The van der Waals surface area contributed by atoms with Crippen LogP contribution in [-0.4, -0.2) is 69.7 Å². The number of hydrogen-bond acceptors (Lipinski definition) is 7. The molecule has 6 nitrogen and oxygen atoms in total. The van der Waals surface area contributed by atoms with Crippen LogP contribution in [0.4, 0.5) is 0 Å². The van der Waals surface area contributed by atoms with Crippen molar-refractivity contribution in [2.24, 2.45) is 0 Å². The van der Waals surface area contributed by atoms with E-state index in [1.165, 1.54) is 5.37 Å². The second-order valence-electron chi connectivity index (χ2n) is 3.20. The topological polar surface area (TPSA) is 99.4 Å². The lowest BCUT2D eigenvalue weighted by molar-refractivity contribution is -0.297. The van der Waals surface area contributed by atoms with Crippen molar-refractivity contribution in [3.8, 4) is 0 Å². The van der Waals surface area contributed by atoms with E-state index >= 15 is 0 Å². The maximum Gasteiger partial charge on any atom is 0.187 e. The minimum Gasteiger partial charge on any atom is -0.394 e. The molecule has 0 aromatic rings. The fraction of sp³-hybridized carbons (Fsp3) is 0.875. The van der Waals surface area contributed by atoms with Crippen molar-refractivity contribution in [2.75, 3.05) is 13.2 Å². The van der Waals surface area contributed by atoms with Gasteiger partial charge in [0.1, 0.15) is 24.4 Å². The third kappa shape index (κ3) is 2.91. The Morgan fingerprint density at radius 3 is 2.40 bits per heavy atom. The predicted molar refractivity (Wildman–Crippen MR) is 53.4 cm³/mol. The molecule has 1 heterocycles. The molecule has 88 valence electrons. The van der Waals surface area contributed by atoms with E-state index in [2.05, 4.69) is 12.2 Å². The van der Waals surface area contributed by atoms with Gasteiger partial charge >= 0.3 is 0 Å². The maximum absolute atomic E-state index is 9.46. The van der Waals surface area contributed by atoms with Gasteiger partial charge in [0.15, 0.2) is 6.29 Å². The van der Waals surface area contributed by atoms with E-state index in [1.54, 1.807) is 0 Å². The molecule has 0 bridgehead atoms. The van der Waals surface area contributed by atoms with Crippen LogP contribution in [0.3, 0.4) is 0 Å². The van der Waals surface area contributed by atoms with Gasteiger partial charge in [0.05, 0.1) is 13.2 Å². The van der Waals surface area contributed by atoms with E-state index in [0.717, 1.165) is 0 Å². The Kier molecular flexibility index (Phi) is 5.00. The molecule has 5 atom stereocenters. The molecule has 1 aliphatic rings. The summed E-state index contributed by atoms with van der Waals surface area (Å²) in [6.07, 6.45) is -6.18. The van der Waals surface area contributed by atoms with Crippen molar-refractivity contribution in [1.29, 1.82) is 0 Å². The monoisotopic (exact) mass is 238 g/mol. The van der Waals surface area contributed by atoms with Crippen molar-refractivity contribution in [1.82, 2.24) is 0 Å². The maximum atomic E-state index is 9.46. The van der Waals surface area contributed by atoms with Gasteiger partial charge in [0.25, 0.3) is 0 Å². The summed E-state index contributed by atoms with van der Waals surface area (Å²) in [6.45, 7) is -0.402. The van der Waals surface area contributed by atoms with Crippen LogP contribution in [0.5, 0.6) is 0 Å². The summed E-state index contributed by atoms with van der Waals surface area (Å²) in [5.74, 6) is 0. The van der Waals surface area contributed by atoms with Crippen LogP contribution in [0.2, 0.25) is 0 Å². The summed E-state index contributed by atoms with van der Waals surface area (Å²) in [5, 5.41) is 38.4. The van der Waals surface area contributed by atoms with Crippen LogP contribution in [0.15, 0.2) is 0 Å². The van der Waals surface area contributed by atoms with E-state index in [1.807, 2.05) is 0 Å². The Bertz CT molecular complexity index is 211. The molecule has 0 spiro atoms. The summed E-state index contributed by atoms with van der Waals surface area (Å²) < 4.78 is 10.0. The van der Waals surface area contributed by atoms with Gasteiger partial charge in [0.2, 0.25) is 0 Å². The lowest BCUT2D eigenvalue weighted by Crippen LogP contribution is -2.59. The quantitative estimate of drug-likeness (QED) is 0.413. The first-order valence-corrected chi connectivity index (χ1v) is 4.94. The summed E-state index contributed by atoms with van der Waals surface area (Å²) in [5.41, 5.74) is 0. The van der Waals surface area contributed by atoms with Crippen LogP contribution >= 0.6 is 12.2 Å². The first-order valence-electron chi connectivity index (χ1n) is 4.47. The highest BCUT2D eigenvalue weighted by Crippen LogP contribution is 2.21. The molecule has 1 rings (SSSR count). The lowest BCUT2D eigenvalue weighted by Gasteiger charge is -2.39. The molecule has 0 aliphatic carbocycles. The second kappa shape index (κ2) is 5.80. The number of rotatable bonds is 4. The summed E-state index contributed by atoms with van der Waals surface area (Å²) >= 11 is 4.52. The van der Waals surface area contributed by atoms with E-state index in [4.69, 9.17) is 14.6 Å². The number of aliphatic hydroxyl groups excluding tert-OH is 4. The zero-order valence-corrected chi connectivity index (χ0v) is 8.71. The Balaban J connectivity index is 2.60. The molecule has 1 unspecified atom stereocenters. The fourth-order valence-corrected chi connectivity index (χ4v) is 1.42. The molecule has 1 aliphatic heterocycles. The molecule has 0 aromatic heterocycles. The summed E-state index contributed by atoms with van der Waals surface area (Å²) in [4.78, 5) is 0. The third-order valence-electron chi connectivity index (χ3n) is 2.18. The van der Waals surface area contributed by atoms with Gasteiger partial charge < -0.3 is 29.9 Å². The highest BCUT2D eigenvalue weighted by Gasteiger charge is 2.43. The minimum absolute atomic E-state index is 0.0675. The van der Waals surface area contributed by atoms with Crippen molar-refractivity contribution >= 4 is 17.6 Å². The highest BCUT2D eigenvalue weighted by atomic mass is 32.1. The van der Waals surface area contributed by atoms with Crippen molar-refractivity contribution in [3.05, 3.63) is 0 Å². The van der Waals surface area contributed by atoms with E-state index < -0.39 is 37.3 Å². The van der Waals surface area contributed by atoms with Gasteiger partial charge in [-0.05, 0) is 0 Å². The number of hydrogen-bond donors (Lipinski definition) is 4. The Morgan fingerprint density at radius 2 is 1.87 bits per heavy atom. The van der Waals surface area contributed by atoms with Crippen molar-refractivity contribution < 1.29 is 29.9 Å². The molecule has 7 heteroatoms. The Morgan fingerprint density at radius 1 is 1.20 bits per heavy atom. The molecule has 0 amide bonds. The van der Waals surface area contributed by atoms with Gasteiger partial charge in [-0.25, -0.2) is 0 Å². The minimum atomic E-state index is -1.41. The largest absolute Gasteiger partial charge is 0.394 e. The number of thiocarbonyl (C=S) groups is 1. The van der Waals surface area contributed by atoms with E-state index in [-0.39, 0.29) is 6.61 Å². The van der Waals surface area contributed by atoms with Gasteiger partial charge in [-0.1, -0.05) is 12.2 Å². The third-order valence-corrected chi connectivity index (χ3v) is 2.31. The van der Waals surface area contributed by atoms with Gasteiger partial charge in [0, 0.05) is 5.37 Å². The first kappa shape index (κ1) is 12.9. The van der Waals surface area contributed by atoms with E-state index in [9.17, 15) is 15.3 Å². The van der Waals surface area contributed by atoms with Crippen molar-refractivity contribution in [3.63, 3.8) is 0 Å². The molecule has 15 heavy (non-hydrogen) atoms. The number of aliphatic hydroxyl groups is 4. The van der Waals surface area contributed by atoms with Crippen molar-refractivity contribution in [2.45, 2.75) is 30.7 Å². The summed E-state index contributed by atoms with van der Waals surface area (Å²) in [6, 6.07) is 0. The number of ether oxygens (including phenoxy) is 2. The van der Waals surface area contributed by atoms with Gasteiger partial charge in [-0.3, -0.25) is 0 Å². The fourth-order valence-electron chi connectivity index (χ4n) is 1.34.